The number of nitrogens with zero attached hydrogens (tertiary/aromatic N) is 4. The molecule has 2 aliphatic heterocycles. The van der Waals surface area contributed by atoms with Gasteiger partial charge in [-0.25, -0.2) is 4.39 Å². The molecule has 0 radical (unpaired) electrons. The van der Waals surface area contributed by atoms with Crippen molar-refractivity contribution in [2.75, 3.05) is 47.8 Å². The van der Waals surface area contributed by atoms with Gasteiger partial charge in [0.1, 0.15) is 17.5 Å². The number of anilines is 3. The lowest BCUT2D eigenvalue weighted by molar-refractivity contribution is 0.434. The summed E-state index contributed by atoms with van der Waals surface area (Å²) in [7, 11) is 0. The zero-order valence-electron chi connectivity index (χ0n) is 22.1. The van der Waals surface area contributed by atoms with E-state index in [2.05, 4.69) is 33.4 Å². The van der Waals surface area contributed by atoms with Crippen LogP contribution in [-0.2, 0) is 5.41 Å². The van der Waals surface area contributed by atoms with Gasteiger partial charge in [-0.3, -0.25) is 0 Å². The van der Waals surface area contributed by atoms with Gasteiger partial charge in [0.25, 0.3) is 0 Å². The predicted octanol–water partition coefficient (Wildman–Crippen LogP) is 6.03. The molecule has 1 saturated carbocycles. The summed E-state index contributed by atoms with van der Waals surface area (Å²) in [6.45, 7) is 7.17. The minimum absolute atomic E-state index is 0.0245. The van der Waals surface area contributed by atoms with Crippen LogP contribution < -0.4 is 20.4 Å². The fraction of sp³-hybridized carbons (Fsp3) is 0.621. The molecule has 2 N–H and O–H groups in total. The average Bonchev–Trinajstić information content (AvgIpc) is 3.22. The molecule has 6 nitrogen and oxygen atoms in total. The second-order valence-corrected chi connectivity index (χ2v) is 11.7. The first kappa shape index (κ1) is 26.1. The van der Waals surface area contributed by atoms with E-state index in [-0.39, 0.29) is 11.2 Å². The number of aromatic nitrogens is 2. The van der Waals surface area contributed by atoms with E-state index < -0.39 is 0 Å². The van der Waals surface area contributed by atoms with Crippen molar-refractivity contribution in [1.82, 2.24) is 15.3 Å². The minimum Gasteiger partial charge on any atom is -0.361 e. The zero-order chi connectivity index (χ0) is 25.7. The second kappa shape index (κ2) is 11.9. The number of thiocarbonyl (C=S) groups is 1. The van der Waals surface area contributed by atoms with Gasteiger partial charge in [-0.1, -0.05) is 44.7 Å². The summed E-state index contributed by atoms with van der Waals surface area (Å²) in [5.41, 5.74) is 1.16. The van der Waals surface area contributed by atoms with E-state index in [1.54, 1.807) is 12.1 Å². The Labute approximate surface area is 226 Å². The van der Waals surface area contributed by atoms with Crippen LogP contribution in [0.1, 0.15) is 76.7 Å². The highest BCUT2D eigenvalue weighted by molar-refractivity contribution is 7.80. The van der Waals surface area contributed by atoms with Crippen LogP contribution in [0.4, 0.5) is 22.0 Å². The lowest BCUT2D eigenvalue weighted by Crippen LogP contribution is -2.41. The third-order valence-corrected chi connectivity index (χ3v) is 8.69. The Hall–Kier alpha value is -2.48. The molecule has 8 heteroatoms. The minimum atomic E-state index is -0.192. The van der Waals surface area contributed by atoms with Gasteiger partial charge >= 0.3 is 0 Å². The van der Waals surface area contributed by atoms with Crippen LogP contribution in [0.3, 0.4) is 0 Å². The maximum Gasteiger partial charge on any atom is 0.232 e. The first-order valence-corrected chi connectivity index (χ1v) is 14.6. The molecule has 0 amide bonds. The van der Waals surface area contributed by atoms with Crippen LogP contribution in [0.5, 0.6) is 0 Å². The zero-order valence-corrected chi connectivity index (χ0v) is 23.0. The number of piperidine rings is 1. The Bertz CT molecular complexity index is 1030. The Morgan fingerprint density at radius 2 is 1.59 bits per heavy atom. The van der Waals surface area contributed by atoms with Gasteiger partial charge < -0.3 is 20.4 Å². The van der Waals surface area contributed by atoms with Crippen LogP contribution in [0.25, 0.3) is 0 Å². The molecule has 1 aromatic carbocycles. The third-order valence-electron chi connectivity index (χ3n) is 8.44. The van der Waals surface area contributed by atoms with Gasteiger partial charge in [-0.05, 0) is 74.4 Å². The lowest BCUT2D eigenvalue weighted by atomic mass is 9.79. The monoisotopic (exact) mass is 524 g/mol. The van der Waals surface area contributed by atoms with Crippen LogP contribution in [0.15, 0.2) is 30.3 Å². The molecule has 1 atom stereocenters. The van der Waals surface area contributed by atoms with Crippen molar-refractivity contribution < 1.29 is 4.39 Å². The van der Waals surface area contributed by atoms with Crippen LogP contribution in [0, 0.1) is 11.7 Å². The van der Waals surface area contributed by atoms with Crippen molar-refractivity contribution in [2.24, 2.45) is 5.92 Å². The van der Waals surface area contributed by atoms with E-state index >= 15 is 0 Å². The summed E-state index contributed by atoms with van der Waals surface area (Å²) in [6.07, 6.45) is 11.9. The summed E-state index contributed by atoms with van der Waals surface area (Å²) < 4.78 is 13.6. The molecular weight excluding hydrogens is 483 g/mol. The predicted molar refractivity (Wildman–Crippen MR) is 154 cm³/mol. The molecule has 0 spiro atoms. The van der Waals surface area contributed by atoms with Crippen LogP contribution in [-0.4, -0.2) is 47.8 Å². The van der Waals surface area contributed by atoms with E-state index in [1.165, 1.54) is 56.9 Å². The normalized spacial score (nSPS) is 21.9. The molecule has 37 heavy (non-hydrogen) atoms. The lowest BCUT2D eigenvalue weighted by Gasteiger charge is -2.33. The Morgan fingerprint density at radius 1 is 0.946 bits per heavy atom. The third kappa shape index (κ3) is 6.51. The molecule has 2 aromatic rings. The quantitative estimate of drug-likeness (QED) is 0.448. The van der Waals surface area contributed by atoms with E-state index in [0.717, 1.165) is 50.7 Å². The first-order valence-electron chi connectivity index (χ1n) is 14.2. The van der Waals surface area contributed by atoms with E-state index in [4.69, 9.17) is 22.2 Å². The summed E-state index contributed by atoms with van der Waals surface area (Å²) in [4.78, 5) is 14.7. The van der Waals surface area contributed by atoms with Crippen molar-refractivity contribution >= 4 is 34.9 Å². The highest BCUT2D eigenvalue weighted by Crippen LogP contribution is 2.40. The number of hydrogen-bond donors (Lipinski definition) is 2. The van der Waals surface area contributed by atoms with E-state index in [1.807, 2.05) is 12.1 Å². The Kier molecular flexibility index (Phi) is 8.43. The van der Waals surface area contributed by atoms with E-state index in [9.17, 15) is 4.39 Å². The van der Waals surface area contributed by atoms with Gasteiger partial charge in [-0.2, -0.15) is 9.97 Å². The number of hydrogen-bond acceptors (Lipinski definition) is 5. The van der Waals surface area contributed by atoms with Crippen molar-refractivity contribution in [1.29, 1.82) is 0 Å². The fourth-order valence-electron chi connectivity index (χ4n) is 6.32. The summed E-state index contributed by atoms with van der Waals surface area (Å²) in [6, 6.07) is 9.16. The van der Waals surface area contributed by atoms with Gasteiger partial charge in [0.15, 0.2) is 5.11 Å². The Morgan fingerprint density at radius 3 is 2.27 bits per heavy atom. The molecule has 3 heterocycles. The summed E-state index contributed by atoms with van der Waals surface area (Å²) in [5, 5.41) is 7.32. The molecule has 5 rings (SSSR count). The number of nitrogens with one attached hydrogen (secondary N) is 2. The topological polar surface area (TPSA) is 56.3 Å². The largest absolute Gasteiger partial charge is 0.361 e. The smallest absolute Gasteiger partial charge is 0.232 e. The fourth-order valence-corrected chi connectivity index (χ4v) is 6.48. The van der Waals surface area contributed by atoms with Gasteiger partial charge in [-0.15, -0.1) is 0 Å². The van der Waals surface area contributed by atoms with E-state index in [0.29, 0.717) is 23.5 Å². The molecule has 1 aliphatic carbocycles. The molecule has 1 aromatic heterocycles. The maximum atomic E-state index is 13.6. The van der Waals surface area contributed by atoms with Gasteiger partial charge in [0.05, 0.1) is 0 Å². The number of benzene rings is 1. The molecule has 200 valence electrons. The standard InChI is InChI=1S/C29H41FN6S/c1-22-9-8-18-36(20-22)26-19-25(35-16-6-2-3-7-17-35)32-27(33-26)34-28(37)31-21-29(14-4-5-15-29)23-10-12-24(30)13-11-23/h10-13,19,22H,2-9,14-18,20-21H2,1H3,(H2,31,32,33,34,37)/t22-/m0/s1. The highest BCUT2D eigenvalue weighted by atomic mass is 32.1. The SMILES string of the molecule is C[C@H]1CCCN(c2cc(N3CCCCCC3)nc(NC(=S)NCC3(c4ccc(F)cc4)CCCC3)n2)C1. The number of rotatable bonds is 6. The highest BCUT2D eigenvalue weighted by Gasteiger charge is 2.35. The van der Waals surface area contributed by atoms with Gasteiger partial charge in [0.2, 0.25) is 5.95 Å². The summed E-state index contributed by atoms with van der Waals surface area (Å²) >= 11 is 5.74. The van der Waals surface area contributed by atoms with Crippen molar-refractivity contribution in [3.63, 3.8) is 0 Å². The van der Waals surface area contributed by atoms with Crippen molar-refractivity contribution in [2.45, 2.75) is 76.5 Å². The Balaban J connectivity index is 1.32. The molecule has 3 fully saturated rings. The molecule has 0 unspecified atom stereocenters. The average molecular weight is 525 g/mol. The maximum absolute atomic E-state index is 13.6. The van der Waals surface area contributed by atoms with Crippen LogP contribution in [0.2, 0.25) is 0 Å². The molecule has 2 saturated heterocycles. The molecular formula is C29H41FN6S. The number of halogens is 1. The second-order valence-electron chi connectivity index (χ2n) is 11.3. The molecule has 0 bridgehead atoms. The van der Waals surface area contributed by atoms with Crippen LogP contribution >= 0.6 is 12.2 Å². The first-order chi connectivity index (χ1) is 18.0. The van der Waals surface area contributed by atoms with Gasteiger partial charge in [0, 0.05) is 44.2 Å². The summed E-state index contributed by atoms with van der Waals surface area (Å²) in [5.74, 6) is 3.02. The van der Waals surface area contributed by atoms with Crippen molar-refractivity contribution in [3.05, 3.63) is 41.7 Å². The molecule has 3 aliphatic rings. The van der Waals surface area contributed by atoms with Crippen molar-refractivity contribution in [3.8, 4) is 0 Å².